The van der Waals surface area contributed by atoms with Gasteiger partial charge in [-0.05, 0) is 19.8 Å². The van der Waals surface area contributed by atoms with E-state index in [9.17, 15) is 9.59 Å². The van der Waals surface area contributed by atoms with Gasteiger partial charge in [0.2, 0.25) is 0 Å². The highest BCUT2D eigenvalue weighted by Gasteiger charge is 2.16. The first-order valence-corrected chi connectivity index (χ1v) is 5.13. The second-order valence-electron chi connectivity index (χ2n) is 3.59. The van der Waals surface area contributed by atoms with Crippen LogP contribution < -0.4 is 0 Å². The summed E-state index contributed by atoms with van der Waals surface area (Å²) < 4.78 is 0. The summed E-state index contributed by atoms with van der Waals surface area (Å²) in [6, 6.07) is 0. The molecule has 0 aliphatic heterocycles. The Hall–Kier alpha value is -0.660. The van der Waals surface area contributed by atoms with Crippen LogP contribution in [0.3, 0.4) is 0 Å². The SMILES string of the molecule is CCCC[C@H](CC)C(=O)CC(C)=O. The minimum atomic E-state index is -0.0139. The summed E-state index contributed by atoms with van der Waals surface area (Å²) in [6.07, 6.45) is 4.14. The number of carbonyl (C=O) groups is 2. The maximum Gasteiger partial charge on any atom is 0.143 e. The topological polar surface area (TPSA) is 34.1 Å². The van der Waals surface area contributed by atoms with Crippen LogP contribution in [-0.2, 0) is 9.59 Å². The molecule has 0 bridgehead atoms. The minimum absolute atomic E-state index is 0.0139. The smallest absolute Gasteiger partial charge is 0.143 e. The molecule has 2 nitrogen and oxygen atoms in total. The van der Waals surface area contributed by atoms with E-state index in [-0.39, 0.29) is 23.9 Å². The highest BCUT2D eigenvalue weighted by Crippen LogP contribution is 2.15. The van der Waals surface area contributed by atoms with Crippen LogP contribution in [-0.4, -0.2) is 11.6 Å². The molecule has 0 saturated carbocycles. The average molecular weight is 184 g/mol. The molecule has 0 aromatic heterocycles. The van der Waals surface area contributed by atoms with Crippen molar-refractivity contribution in [2.45, 2.75) is 52.9 Å². The first-order chi connectivity index (χ1) is 6.11. The number of carbonyl (C=O) groups excluding carboxylic acids is 2. The van der Waals surface area contributed by atoms with Crippen LogP contribution in [0.25, 0.3) is 0 Å². The summed E-state index contributed by atoms with van der Waals surface area (Å²) in [5, 5.41) is 0. The van der Waals surface area contributed by atoms with E-state index in [4.69, 9.17) is 0 Å². The van der Waals surface area contributed by atoms with Gasteiger partial charge in [-0.25, -0.2) is 0 Å². The molecule has 0 aliphatic carbocycles. The predicted molar refractivity (Wildman–Crippen MR) is 53.6 cm³/mol. The number of rotatable bonds is 7. The standard InChI is InChI=1S/C11H20O2/c1-4-6-7-10(5-2)11(13)8-9(3)12/h10H,4-8H2,1-3H3/t10-/m0/s1. The average Bonchev–Trinajstić information content (AvgIpc) is 2.04. The predicted octanol–water partition coefficient (Wildman–Crippen LogP) is 2.75. The Morgan fingerprint density at radius 1 is 1.23 bits per heavy atom. The molecule has 0 spiro atoms. The molecule has 0 aliphatic rings. The Labute approximate surface area is 80.7 Å². The van der Waals surface area contributed by atoms with Crippen molar-refractivity contribution in [3.05, 3.63) is 0 Å². The molecule has 0 N–H and O–H groups in total. The molecule has 0 aromatic rings. The van der Waals surface area contributed by atoms with Crippen LogP contribution in [0.4, 0.5) is 0 Å². The molecular weight excluding hydrogens is 164 g/mol. The quantitative estimate of drug-likeness (QED) is 0.570. The molecule has 0 saturated heterocycles. The lowest BCUT2D eigenvalue weighted by atomic mass is 9.92. The van der Waals surface area contributed by atoms with Gasteiger partial charge in [0, 0.05) is 5.92 Å². The van der Waals surface area contributed by atoms with E-state index in [1.54, 1.807) is 0 Å². The number of hydrogen-bond donors (Lipinski definition) is 0. The monoisotopic (exact) mass is 184 g/mol. The number of ketones is 2. The van der Waals surface area contributed by atoms with Crippen molar-refractivity contribution in [1.82, 2.24) is 0 Å². The zero-order valence-electron chi connectivity index (χ0n) is 8.93. The largest absolute Gasteiger partial charge is 0.300 e. The lowest BCUT2D eigenvalue weighted by Crippen LogP contribution is -2.16. The van der Waals surface area contributed by atoms with Crippen LogP contribution >= 0.6 is 0 Å². The van der Waals surface area contributed by atoms with Crippen molar-refractivity contribution in [2.75, 3.05) is 0 Å². The molecule has 0 aromatic carbocycles. The fraction of sp³-hybridized carbons (Fsp3) is 0.818. The van der Waals surface area contributed by atoms with Gasteiger partial charge in [0.05, 0.1) is 6.42 Å². The molecule has 0 rings (SSSR count). The van der Waals surface area contributed by atoms with Crippen LogP contribution in [0.2, 0.25) is 0 Å². The summed E-state index contributed by atoms with van der Waals surface area (Å²) in [6.45, 7) is 5.60. The van der Waals surface area contributed by atoms with Gasteiger partial charge in [-0.3, -0.25) is 9.59 Å². The Kier molecular flexibility index (Phi) is 6.47. The molecule has 13 heavy (non-hydrogen) atoms. The molecule has 0 fully saturated rings. The summed E-state index contributed by atoms with van der Waals surface area (Å²) in [4.78, 5) is 22.2. The second kappa shape index (κ2) is 6.81. The van der Waals surface area contributed by atoms with Crippen LogP contribution in [0, 0.1) is 5.92 Å². The van der Waals surface area contributed by atoms with Crippen molar-refractivity contribution in [3.63, 3.8) is 0 Å². The van der Waals surface area contributed by atoms with Gasteiger partial charge in [0.25, 0.3) is 0 Å². The van der Waals surface area contributed by atoms with Crippen molar-refractivity contribution in [2.24, 2.45) is 5.92 Å². The van der Waals surface area contributed by atoms with Crippen molar-refractivity contribution in [3.8, 4) is 0 Å². The fourth-order valence-electron chi connectivity index (χ4n) is 1.43. The highest BCUT2D eigenvalue weighted by atomic mass is 16.1. The zero-order valence-corrected chi connectivity index (χ0v) is 8.93. The molecular formula is C11H20O2. The maximum absolute atomic E-state index is 11.5. The Balaban J connectivity index is 3.91. The lowest BCUT2D eigenvalue weighted by molar-refractivity contribution is -0.128. The molecule has 1 atom stereocenters. The van der Waals surface area contributed by atoms with Crippen LogP contribution in [0.5, 0.6) is 0 Å². The fourth-order valence-corrected chi connectivity index (χ4v) is 1.43. The number of hydrogen-bond acceptors (Lipinski definition) is 2. The summed E-state index contributed by atoms with van der Waals surface area (Å²) in [5.74, 6) is 0.229. The molecule has 0 unspecified atom stereocenters. The van der Waals surface area contributed by atoms with Crippen molar-refractivity contribution >= 4 is 11.6 Å². The Morgan fingerprint density at radius 2 is 1.85 bits per heavy atom. The molecule has 0 amide bonds. The van der Waals surface area contributed by atoms with E-state index in [0.29, 0.717) is 0 Å². The van der Waals surface area contributed by atoms with E-state index in [1.165, 1.54) is 6.92 Å². The van der Waals surface area contributed by atoms with Crippen molar-refractivity contribution < 1.29 is 9.59 Å². The molecule has 0 radical (unpaired) electrons. The third-order valence-electron chi connectivity index (χ3n) is 2.28. The first-order valence-electron chi connectivity index (χ1n) is 5.13. The molecule has 0 heterocycles. The third kappa shape index (κ3) is 5.56. The van der Waals surface area contributed by atoms with E-state index >= 15 is 0 Å². The van der Waals surface area contributed by atoms with E-state index in [2.05, 4.69) is 6.92 Å². The zero-order chi connectivity index (χ0) is 10.3. The first kappa shape index (κ1) is 12.3. The van der Waals surface area contributed by atoms with E-state index < -0.39 is 0 Å². The number of Topliss-reactive ketones (excluding diaryl/α,β-unsaturated/α-hetero) is 2. The van der Waals surface area contributed by atoms with E-state index in [0.717, 1.165) is 25.7 Å². The number of unbranched alkanes of at least 4 members (excludes halogenated alkanes) is 1. The summed E-state index contributed by atoms with van der Waals surface area (Å²) >= 11 is 0. The van der Waals surface area contributed by atoms with Gasteiger partial charge >= 0.3 is 0 Å². The van der Waals surface area contributed by atoms with Gasteiger partial charge in [-0.1, -0.05) is 26.7 Å². The van der Waals surface area contributed by atoms with E-state index in [1.807, 2.05) is 6.92 Å². The minimum Gasteiger partial charge on any atom is -0.300 e. The third-order valence-corrected chi connectivity index (χ3v) is 2.28. The molecule has 2 heteroatoms. The molecule has 76 valence electrons. The Bertz CT molecular complexity index is 173. The van der Waals surface area contributed by atoms with Crippen LogP contribution in [0.1, 0.15) is 52.9 Å². The van der Waals surface area contributed by atoms with Gasteiger partial charge < -0.3 is 0 Å². The second-order valence-corrected chi connectivity index (χ2v) is 3.59. The van der Waals surface area contributed by atoms with Gasteiger partial charge in [0.1, 0.15) is 11.6 Å². The van der Waals surface area contributed by atoms with Gasteiger partial charge in [-0.2, -0.15) is 0 Å². The summed E-state index contributed by atoms with van der Waals surface area (Å²) in [5.41, 5.74) is 0. The van der Waals surface area contributed by atoms with Crippen molar-refractivity contribution in [1.29, 1.82) is 0 Å². The maximum atomic E-state index is 11.5. The summed E-state index contributed by atoms with van der Waals surface area (Å²) in [7, 11) is 0. The normalized spacial score (nSPS) is 12.5. The van der Waals surface area contributed by atoms with Gasteiger partial charge in [0.15, 0.2) is 0 Å². The van der Waals surface area contributed by atoms with Crippen LogP contribution in [0.15, 0.2) is 0 Å². The Morgan fingerprint density at radius 3 is 2.23 bits per heavy atom. The van der Waals surface area contributed by atoms with Gasteiger partial charge in [-0.15, -0.1) is 0 Å². The lowest BCUT2D eigenvalue weighted by Gasteiger charge is -2.11. The highest BCUT2D eigenvalue weighted by molar-refractivity contribution is 5.98.